The van der Waals surface area contributed by atoms with Crippen molar-refractivity contribution in [2.75, 3.05) is 32.7 Å². The summed E-state index contributed by atoms with van der Waals surface area (Å²) < 4.78 is 12.5. The first-order chi connectivity index (χ1) is 12.2. The number of hydrogen-bond donors (Lipinski definition) is 1. The Morgan fingerprint density at radius 2 is 2.04 bits per heavy atom. The van der Waals surface area contributed by atoms with Gasteiger partial charge in [0.25, 0.3) is 10.7 Å². The largest absolute Gasteiger partial charge is 0.459 e. The highest BCUT2D eigenvalue weighted by Crippen LogP contribution is 2.19. The topological polar surface area (TPSA) is 79.7 Å². The highest BCUT2D eigenvalue weighted by atomic mass is 32.1. The minimum atomic E-state index is 0.137. The second-order valence-electron chi connectivity index (χ2n) is 6.53. The van der Waals surface area contributed by atoms with Gasteiger partial charge in [-0.15, -0.1) is 5.10 Å². The van der Waals surface area contributed by atoms with E-state index >= 15 is 0 Å². The molecule has 1 aliphatic heterocycles. The van der Waals surface area contributed by atoms with Crippen molar-refractivity contribution >= 4 is 18.1 Å². The van der Waals surface area contributed by atoms with Gasteiger partial charge >= 0.3 is 0 Å². The Morgan fingerprint density at radius 1 is 1.28 bits per heavy atom. The van der Waals surface area contributed by atoms with E-state index in [1.165, 1.54) is 0 Å². The minimum absolute atomic E-state index is 0.137. The van der Waals surface area contributed by atoms with Gasteiger partial charge in [0.2, 0.25) is 5.91 Å². The normalized spacial score (nSPS) is 19.2. The molecule has 1 saturated carbocycles. The SMILES string of the molecule is O=C(CN1CCN(Cn2nc(-c3ccco3)oc2=S)CC1)NC1CC1. The van der Waals surface area contributed by atoms with Gasteiger partial charge in [0.15, 0.2) is 5.76 Å². The average molecular weight is 363 g/mol. The number of carbonyl (C=O) groups is 1. The number of aromatic nitrogens is 2. The Balaban J connectivity index is 1.28. The third-order valence-corrected chi connectivity index (χ3v) is 4.74. The molecule has 0 bridgehead atoms. The number of piperazine rings is 1. The molecule has 0 aromatic carbocycles. The zero-order valence-electron chi connectivity index (χ0n) is 13.9. The Labute approximate surface area is 150 Å². The number of amides is 1. The van der Waals surface area contributed by atoms with Crippen molar-refractivity contribution in [3.8, 4) is 11.7 Å². The fraction of sp³-hybridized carbons (Fsp3) is 0.562. The van der Waals surface area contributed by atoms with Crippen LogP contribution < -0.4 is 5.32 Å². The summed E-state index contributed by atoms with van der Waals surface area (Å²) in [4.78, 5) is 16.6. The van der Waals surface area contributed by atoms with Gasteiger partial charge in [-0.2, -0.15) is 0 Å². The number of hydrogen-bond acceptors (Lipinski definition) is 7. The lowest BCUT2D eigenvalue weighted by atomic mass is 10.3. The van der Waals surface area contributed by atoms with Crippen LogP contribution >= 0.6 is 12.2 Å². The quantitative estimate of drug-likeness (QED) is 0.775. The van der Waals surface area contributed by atoms with Crippen LogP contribution in [0.25, 0.3) is 11.7 Å². The van der Waals surface area contributed by atoms with Crippen LogP contribution in [0.4, 0.5) is 0 Å². The van der Waals surface area contributed by atoms with E-state index < -0.39 is 0 Å². The predicted octanol–water partition coefficient (Wildman–Crippen LogP) is 1.32. The van der Waals surface area contributed by atoms with E-state index in [9.17, 15) is 4.79 Å². The van der Waals surface area contributed by atoms with Gasteiger partial charge in [0.05, 0.1) is 19.5 Å². The summed E-state index contributed by atoms with van der Waals surface area (Å²) in [5, 5.41) is 7.42. The molecule has 1 N–H and O–H groups in total. The zero-order valence-corrected chi connectivity index (χ0v) is 14.7. The van der Waals surface area contributed by atoms with Gasteiger partial charge in [0.1, 0.15) is 0 Å². The van der Waals surface area contributed by atoms with Crippen molar-refractivity contribution in [1.82, 2.24) is 24.9 Å². The molecule has 0 radical (unpaired) electrons. The van der Waals surface area contributed by atoms with Crippen molar-refractivity contribution in [2.45, 2.75) is 25.6 Å². The summed E-state index contributed by atoms with van der Waals surface area (Å²) in [7, 11) is 0. The van der Waals surface area contributed by atoms with Crippen molar-refractivity contribution < 1.29 is 13.6 Å². The lowest BCUT2D eigenvalue weighted by Crippen LogP contribution is -2.49. The van der Waals surface area contributed by atoms with Gasteiger partial charge in [0, 0.05) is 32.2 Å². The monoisotopic (exact) mass is 363 g/mol. The summed E-state index contributed by atoms with van der Waals surface area (Å²) in [6.07, 6.45) is 3.82. The maximum Gasteiger partial charge on any atom is 0.288 e. The summed E-state index contributed by atoms with van der Waals surface area (Å²) in [6.45, 7) is 4.49. The molecular formula is C16H21N5O3S. The molecule has 2 aromatic heterocycles. The lowest BCUT2D eigenvalue weighted by Gasteiger charge is -2.33. The highest BCUT2D eigenvalue weighted by Gasteiger charge is 2.25. The molecule has 3 heterocycles. The number of furan rings is 1. The van der Waals surface area contributed by atoms with Gasteiger partial charge in [-0.25, -0.2) is 4.68 Å². The van der Waals surface area contributed by atoms with E-state index in [-0.39, 0.29) is 5.91 Å². The third kappa shape index (κ3) is 4.17. The van der Waals surface area contributed by atoms with Crippen LogP contribution in [0.5, 0.6) is 0 Å². The van der Waals surface area contributed by atoms with Crippen molar-refractivity contribution in [1.29, 1.82) is 0 Å². The molecule has 2 fully saturated rings. The van der Waals surface area contributed by atoms with Crippen molar-refractivity contribution in [2.24, 2.45) is 0 Å². The number of nitrogens with one attached hydrogen (secondary N) is 1. The van der Waals surface area contributed by atoms with E-state index in [0.29, 0.717) is 35.7 Å². The summed E-state index contributed by atoms with van der Waals surface area (Å²) in [5.41, 5.74) is 0. The first-order valence-electron chi connectivity index (χ1n) is 8.53. The van der Waals surface area contributed by atoms with E-state index in [4.69, 9.17) is 21.1 Å². The molecule has 8 nitrogen and oxygen atoms in total. The van der Waals surface area contributed by atoms with Crippen LogP contribution in [-0.2, 0) is 11.5 Å². The minimum Gasteiger partial charge on any atom is -0.459 e. The third-order valence-electron chi connectivity index (χ3n) is 4.45. The van der Waals surface area contributed by atoms with Crippen LogP contribution in [0.3, 0.4) is 0 Å². The molecule has 25 heavy (non-hydrogen) atoms. The average Bonchev–Trinajstić information content (AvgIpc) is 3.09. The molecule has 2 aliphatic rings. The molecule has 1 aliphatic carbocycles. The zero-order chi connectivity index (χ0) is 17.2. The fourth-order valence-electron chi connectivity index (χ4n) is 2.88. The summed E-state index contributed by atoms with van der Waals surface area (Å²) in [5.74, 6) is 1.10. The molecular weight excluding hydrogens is 342 g/mol. The van der Waals surface area contributed by atoms with Gasteiger partial charge in [-0.1, -0.05) is 0 Å². The van der Waals surface area contributed by atoms with Gasteiger partial charge in [-0.05, 0) is 37.2 Å². The molecule has 9 heteroatoms. The van der Waals surface area contributed by atoms with Crippen molar-refractivity contribution in [3.63, 3.8) is 0 Å². The van der Waals surface area contributed by atoms with Gasteiger partial charge in [-0.3, -0.25) is 14.6 Å². The van der Waals surface area contributed by atoms with E-state index in [2.05, 4.69) is 20.2 Å². The van der Waals surface area contributed by atoms with Crippen LogP contribution in [-0.4, -0.2) is 64.3 Å². The van der Waals surface area contributed by atoms with E-state index in [1.807, 2.05) is 0 Å². The highest BCUT2D eigenvalue weighted by molar-refractivity contribution is 7.71. The van der Waals surface area contributed by atoms with Gasteiger partial charge < -0.3 is 14.2 Å². The summed E-state index contributed by atoms with van der Waals surface area (Å²) in [6, 6.07) is 3.99. The maximum absolute atomic E-state index is 11.9. The second kappa shape index (κ2) is 7.11. The molecule has 4 rings (SSSR count). The molecule has 2 aromatic rings. The maximum atomic E-state index is 11.9. The molecule has 1 saturated heterocycles. The summed E-state index contributed by atoms with van der Waals surface area (Å²) >= 11 is 5.24. The lowest BCUT2D eigenvalue weighted by molar-refractivity contribution is -0.122. The Bertz CT molecular complexity index is 772. The molecule has 134 valence electrons. The van der Waals surface area contributed by atoms with Crippen molar-refractivity contribution in [3.05, 3.63) is 23.2 Å². The molecule has 0 unspecified atom stereocenters. The van der Waals surface area contributed by atoms with Crippen LogP contribution in [0, 0.1) is 4.84 Å². The Kier molecular flexibility index (Phi) is 4.69. The first-order valence-corrected chi connectivity index (χ1v) is 8.94. The number of rotatable bonds is 6. The Morgan fingerprint density at radius 3 is 2.72 bits per heavy atom. The fourth-order valence-corrected chi connectivity index (χ4v) is 3.06. The Hall–Kier alpha value is -1.97. The predicted molar refractivity (Wildman–Crippen MR) is 92.2 cm³/mol. The van der Waals surface area contributed by atoms with Crippen LogP contribution in [0.1, 0.15) is 12.8 Å². The molecule has 0 spiro atoms. The second-order valence-corrected chi connectivity index (χ2v) is 6.88. The standard InChI is InChI=1S/C16H21N5O3S/c22-14(17-12-3-4-12)10-19-5-7-20(8-6-19)11-21-16(25)24-15(18-21)13-2-1-9-23-13/h1-2,9,12H,3-8,10-11H2,(H,17,22). The van der Waals surface area contributed by atoms with E-state index in [0.717, 1.165) is 39.0 Å². The van der Waals surface area contributed by atoms with Crippen LogP contribution in [0.15, 0.2) is 27.2 Å². The number of carbonyl (C=O) groups excluding carboxylic acids is 1. The first kappa shape index (κ1) is 16.5. The van der Waals surface area contributed by atoms with Crippen LogP contribution in [0.2, 0.25) is 0 Å². The van der Waals surface area contributed by atoms with E-state index in [1.54, 1.807) is 23.1 Å². The smallest absolute Gasteiger partial charge is 0.288 e. The molecule has 1 amide bonds. The molecule has 0 atom stereocenters. The number of nitrogens with zero attached hydrogens (tertiary/aromatic N) is 4.